The fraction of sp³-hybridized carbons (Fsp3) is 0.538. The summed E-state index contributed by atoms with van der Waals surface area (Å²) in [5, 5.41) is 0.785. The van der Waals surface area contributed by atoms with Crippen molar-refractivity contribution in [3.8, 4) is 11.5 Å². The predicted molar refractivity (Wildman–Crippen MR) is 70.6 cm³/mol. The molecule has 0 aliphatic carbocycles. The maximum Gasteiger partial charge on any atom is 0.165 e. The second-order valence-electron chi connectivity index (χ2n) is 3.64. The third-order valence-corrected chi connectivity index (χ3v) is 3.02. The molecule has 0 aliphatic rings. The van der Waals surface area contributed by atoms with E-state index in [0.29, 0.717) is 0 Å². The largest absolute Gasteiger partial charge is 0.493 e. The Morgan fingerprint density at radius 3 is 2.69 bits per heavy atom. The normalized spacial score (nSPS) is 10.2. The Bertz CT molecular complexity index is 291. The van der Waals surface area contributed by atoms with Gasteiger partial charge in [0.15, 0.2) is 11.5 Å². The Hall–Kier alpha value is -0.700. The molecule has 0 heterocycles. The van der Waals surface area contributed by atoms with Crippen LogP contribution in [-0.2, 0) is 5.33 Å². The van der Waals surface area contributed by atoms with Crippen LogP contribution in [0.3, 0.4) is 0 Å². The van der Waals surface area contributed by atoms with Gasteiger partial charge in [-0.05, 0) is 12.5 Å². The highest BCUT2D eigenvalue weighted by Gasteiger charge is 2.08. The molecule has 2 nitrogen and oxygen atoms in total. The summed E-state index contributed by atoms with van der Waals surface area (Å²) in [4.78, 5) is 0. The molecule has 1 rings (SSSR count). The maximum absolute atomic E-state index is 5.80. The van der Waals surface area contributed by atoms with Crippen molar-refractivity contribution in [3.63, 3.8) is 0 Å². The van der Waals surface area contributed by atoms with Gasteiger partial charge < -0.3 is 9.47 Å². The molecule has 0 spiro atoms. The Morgan fingerprint density at radius 1 is 1.25 bits per heavy atom. The summed E-state index contributed by atoms with van der Waals surface area (Å²) in [5.41, 5.74) is 1.14. The Morgan fingerprint density at radius 2 is 2.06 bits per heavy atom. The van der Waals surface area contributed by atoms with Crippen molar-refractivity contribution in [2.24, 2.45) is 0 Å². The zero-order valence-electron chi connectivity index (χ0n) is 9.96. The van der Waals surface area contributed by atoms with Crippen LogP contribution in [0.4, 0.5) is 0 Å². The minimum absolute atomic E-state index is 0.758. The zero-order chi connectivity index (χ0) is 11.8. The molecular formula is C13H19BrO2. The summed E-state index contributed by atoms with van der Waals surface area (Å²) in [6.45, 7) is 2.95. The molecule has 0 atom stereocenters. The van der Waals surface area contributed by atoms with Gasteiger partial charge in [0.25, 0.3) is 0 Å². The highest BCUT2D eigenvalue weighted by Crippen LogP contribution is 2.32. The molecule has 0 saturated carbocycles. The molecule has 0 aliphatic heterocycles. The van der Waals surface area contributed by atoms with Crippen LogP contribution in [0.25, 0.3) is 0 Å². The van der Waals surface area contributed by atoms with Crippen LogP contribution in [0.1, 0.15) is 31.7 Å². The van der Waals surface area contributed by atoms with Crippen molar-refractivity contribution in [2.45, 2.75) is 31.5 Å². The molecule has 1 aromatic rings. The molecule has 0 aromatic heterocycles. The highest BCUT2D eigenvalue weighted by atomic mass is 79.9. The fourth-order valence-corrected chi connectivity index (χ4v) is 1.96. The van der Waals surface area contributed by atoms with Crippen molar-refractivity contribution in [3.05, 3.63) is 23.8 Å². The van der Waals surface area contributed by atoms with Gasteiger partial charge in [0.05, 0.1) is 13.7 Å². The van der Waals surface area contributed by atoms with E-state index < -0.39 is 0 Å². The summed E-state index contributed by atoms with van der Waals surface area (Å²) in [7, 11) is 1.67. The molecule has 0 bridgehead atoms. The maximum atomic E-state index is 5.80. The van der Waals surface area contributed by atoms with E-state index in [0.717, 1.165) is 35.4 Å². The summed E-state index contributed by atoms with van der Waals surface area (Å²) in [5.74, 6) is 1.69. The quantitative estimate of drug-likeness (QED) is 0.554. The van der Waals surface area contributed by atoms with Gasteiger partial charge in [-0.3, -0.25) is 0 Å². The molecule has 0 radical (unpaired) electrons. The first-order valence-electron chi connectivity index (χ1n) is 5.68. The number of benzene rings is 1. The molecule has 0 unspecified atom stereocenters. The average Bonchev–Trinajstić information content (AvgIpc) is 2.34. The Balaban J connectivity index is 2.67. The van der Waals surface area contributed by atoms with Gasteiger partial charge in [0.2, 0.25) is 0 Å². The van der Waals surface area contributed by atoms with E-state index in [4.69, 9.17) is 9.47 Å². The van der Waals surface area contributed by atoms with Gasteiger partial charge in [-0.1, -0.05) is 47.8 Å². The molecule has 0 amide bonds. The molecular weight excluding hydrogens is 268 g/mol. The van der Waals surface area contributed by atoms with Crippen LogP contribution in [0, 0.1) is 0 Å². The number of hydrogen-bond acceptors (Lipinski definition) is 2. The van der Waals surface area contributed by atoms with Crippen molar-refractivity contribution >= 4 is 15.9 Å². The third kappa shape index (κ3) is 3.71. The number of halogens is 1. The first kappa shape index (κ1) is 13.4. The standard InChI is InChI=1S/C13H19BrO2/c1-3-4-5-9-16-13-11(10-14)7-6-8-12(13)15-2/h6-8H,3-5,9-10H2,1-2H3. The van der Waals surface area contributed by atoms with E-state index in [1.807, 2.05) is 18.2 Å². The van der Waals surface area contributed by atoms with Crippen LogP contribution in [0.15, 0.2) is 18.2 Å². The van der Waals surface area contributed by atoms with E-state index in [2.05, 4.69) is 22.9 Å². The monoisotopic (exact) mass is 286 g/mol. The number of unbranched alkanes of at least 4 members (excludes halogenated alkanes) is 2. The molecule has 90 valence electrons. The van der Waals surface area contributed by atoms with Gasteiger partial charge in [-0.25, -0.2) is 0 Å². The smallest absolute Gasteiger partial charge is 0.165 e. The van der Waals surface area contributed by atoms with Crippen molar-refractivity contribution in [2.75, 3.05) is 13.7 Å². The number of alkyl halides is 1. The lowest BCUT2D eigenvalue weighted by Gasteiger charge is -2.13. The summed E-state index contributed by atoms with van der Waals surface area (Å²) >= 11 is 3.46. The molecule has 1 aromatic carbocycles. The number of rotatable bonds is 7. The van der Waals surface area contributed by atoms with Crippen molar-refractivity contribution < 1.29 is 9.47 Å². The second kappa shape index (κ2) is 7.55. The Labute approximate surface area is 106 Å². The molecule has 16 heavy (non-hydrogen) atoms. The van der Waals surface area contributed by atoms with Crippen LogP contribution >= 0.6 is 15.9 Å². The lowest BCUT2D eigenvalue weighted by molar-refractivity contribution is 0.284. The SMILES string of the molecule is CCCCCOc1c(CBr)cccc1OC. The van der Waals surface area contributed by atoms with Crippen molar-refractivity contribution in [1.29, 1.82) is 0 Å². The Kier molecular flexibility index (Phi) is 6.31. The zero-order valence-corrected chi connectivity index (χ0v) is 11.5. The molecule has 0 N–H and O–H groups in total. The average molecular weight is 287 g/mol. The second-order valence-corrected chi connectivity index (χ2v) is 4.20. The van der Waals surface area contributed by atoms with Crippen LogP contribution in [0.2, 0.25) is 0 Å². The number of para-hydroxylation sites is 1. The molecule has 0 saturated heterocycles. The number of hydrogen-bond donors (Lipinski definition) is 0. The van der Waals surface area contributed by atoms with E-state index in [1.54, 1.807) is 7.11 Å². The lowest BCUT2D eigenvalue weighted by Crippen LogP contribution is -2.01. The van der Waals surface area contributed by atoms with Gasteiger partial charge in [-0.2, -0.15) is 0 Å². The number of ether oxygens (including phenoxy) is 2. The summed E-state index contributed by atoms with van der Waals surface area (Å²) in [6, 6.07) is 5.96. The third-order valence-electron chi connectivity index (χ3n) is 2.42. The summed E-state index contributed by atoms with van der Waals surface area (Å²) in [6.07, 6.45) is 3.51. The lowest BCUT2D eigenvalue weighted by atomic mass is 10.2. The van der Waals surface area contributed by atoms with Gasteiger partial charge in [-0.15, -0.1) is 0 Å². The van der Waals surface area contributed by atoms with Crippen molar-refractivity contribution in [1.82, 2.24) is 0 Å². The fourth-order valence-electron chi connectivity index (χ4n) is 1.52. The minimum Gasteiger partial charge on any atom is -0.493 e. The van der Waals surface area contributed by atoms with E-state index in [1.165, 1.54) is 12.8 Å². The van der Waals surface area contributed by atoms with E-state index in [-0.39, 0.29) is 0 Å². The van der Waals surface area contributed by atoms with E-state index in [9.17, 15) is 0 Å². The van der Waals surface area contributed by atoms with Gasteiger partial charge in [0, 0.05) is 10.9 Å². The molecule has 0 fully saturated rings. The number of methoxy groups -OCH3 is 1. The van der Waals surface area contributed by atoms with E-state index >= 15 is 0 Å². The predicted octanol–water partition coefficient (Wildman–Crippen LogP) is 4.16. The van der Waals surface area contributed by atoms with Crippen LogP contribution in [-0.4, -0.2) is 13.7 Å². The van der Waals surface area contributed by atoms with Crippen LogP contribution < -0.4 is 9.47 Å². The highest BCUT2D eigenvalue weighted by molar-refractivity contribution is 9.08. The molecule has 3 heteroatoms. The minimum atomic E-state index is 0.758. The van der Waals surface area contributed by atoms with Gasteiger partial charge in [0.1, 0.15) is 0 Å². The first-order chi connectivity index (χ1) is 7.83. The first-order valence-corrected chi connectivity index (χ1v) is 6.80. The van der Waals surface area contributed by atoms with Crippen LogP contribution in [0.5, 0.6) is 11.5 Å². The topological polar surface area (TPSA) is 18.5 Å². The summed E-state index contributed by atoms with van der Waals surface area (Å²) < 4.78 is 11.1. The van der Waals surface area contributed by atoms with Gasteiger partial charge >= 0.3 is 0 Å².